The molecule has 0 unspecified atom stereocenters. The average Bonchev–Trinajstić information content (AvgIpc) is 2.68. The van der Waals surface area contributed by atoms with Crippen molar-refractivity contribution < 1.29 is 0 Å². The maximum Gasteiger partial charge on any atom is 0.155 e. The Morgan fingerprint density at radius 3 is 2.94 bits per heavy atom. The zero-order valence-electron chi connectivity index (χ0n) is 9.26. The van der Waals surface area contributed by atoms with Crippen LogP contribution in [0.25, 0.3) is 5.65 Å². The molecular formula is C12H16N4. The van der Waals surface area contributed by atoms with E-state index in [1.54, 1.807) is 6.20 Å². The predicted molar refractivity (Wildman–Crippen MR) is 62.2 cm³/mol. The van der Waals surface area contributed by atoms with E-state index in [1.165, 1.54) is 25.0 Å². The summed E-state index contributed by atoms with van der Waals surface area (Å²) in [5.41, 5.74) is 8.24. The van der Waals surface area contributed by atoms with Crippen molar-refractivity contribution in [2.24, 2.45) is 5.73 Å². The summed E-state index contributed by atoms with van der Waals surface area (Å²) in [6.07, 6.45) is 12.4. The van der Waals surface area contributed by atoms with Gasteiger partial charge in [-0.3, -0.25) is 4.98 Å². The maximum absolute atomic E-state index is 5.73. The second-order valence-corrected chi connectivity index (χ2v) is 4.62. The number of hydrogen-bond acceptors (Lipinski definition) is 3. The van der Waals surface area contributed by atoms with Crippen LogP contribution in [-0.4, -0.2) is 20.9 Å². The summed E-state index contributed by atoms with van der Waals surface area (Å²) >= 11 is 0. The third-order valence-electron chi connectivity index (χ3n) is 3.79. The van der Waals surface area contributed by atoms with E-state index < -0.39 is 0 Å². The van der Waals surface area contributed by atoms with Crippen LogP contribution in [0.1, 0.15) is 31.4 Å². The quantitative estimate of drug-likeness (QED) is 0.846. The van der Waals surface area contributed by atoms with Crippen LogP contribution in [0.4, 0.5) is 0 Å². The fourth-order valence-corrected chi connectivity index (χ4v) is 2.75. The molecule has 1 aliphatic carbocycles. The lowest BCUT2D eigenvalue weighted by Crippen LogP contribution is -2.37. The summed E-state index contributed by atoms with van der Waals surface area (Å²) in [6, 6.07) is 0. The zero-order valence-corrected chi connectivity index (χ0v) is 9.26. The van der Waals surface area contributed by atoms with Crippen molar-refractivity contribution in [3.63, 3.8) is 0 Å². The third-order valence-corrected chi connectivity index (χ3v) is 3.79. The van der Waals surface area contributed by atoms with E-state index in [0.29, 0.717) is 0 Å². The third kappa shape index (κ3) is 1.26. The molecule has 4 heteroatoms. The predicted octanol–water partition coefficient (Wildman–Crippen LogP) is 1.50. The van der Waals surface area contributed by atoms with Gasteiger partial charge in [-0.1, -0.05) is 6.42 Å². The minimum atomic E-state index is 0.273. The number of rotatable bonds is 3. The molecule has 0 saturated heterocycles. The molecule has 0 bridgehead atoms. The van der Waals surface area contributed by atoms with Crippen LogP contribution in [0.5, 0.6) is 0 Å². The van der Waals surface area contributed by atoms with Gasteiger partial charge in [0.25, 0.3) is 0 Å². The number of nitrogens with zero attached hydrogens (tertiary/aromatic N) is 3. The summed E-state index contributed by atoms with van der Waals surface area (Å²) in [6.45, 7) is 0.748. The van der Waals surface area contributed by atoms with E-state index in [2.05, 4.69) is 14.4 Å². The second kappa shape index (κ2) is 3.56. The molecule has 3 rings (SSSR count). The molecule has 0 atom stereocenters. The standard InChI is InChI=1S/C12H16N4/c13-5-4-12(2-1-3-12)10-8-15-11-9-14-6-7-16(10)11/h6-9H,1-5,13H2. The average molecular weight is 216 g/mol. The van der Waals surface area contributed by atoms with Crippen molar-refractivity contribution in [3.8, 4) is 0 Å². The SMILES string of the molecule is NCCC1(c2cnc3cnccn23)CCC1. The molecule has 2 N–H and O–H groups in total. The van der Waals surface area contributed by atoms with Crippen LogP contribution < -0.4 is 5.73 Å². The minimum Gasteiger partial charge on any atom is -0.330 e. The van der Waals surface area contributed by atoms with Crippen LogP contribution in [0.3, 0.4) is 0 Å². The highest BCUT2D eigenvalue weighted by Crippen LogP contribution is 2.46. The maximum atomic E-state index is 5.73. The summed E-state index contributed by atoms with van der Waals surface area (Å²) in [5.74, 6) is 0. The molecule has 2 heterocycles. The van der Waals surface area contributed by atoms with Crippen molar-refractivity contribution in [3.05, 3.63) is 30.5 Å². The Labute approximate surface area is 94.5 Å². The van der Waals surface area contributed by atoms with Gasteiger partial charge in [-0.15, -0.1) is 0 Å². The molecule has 1 fully saturated rings. The van der Waals surface area contributed by atoms with E-state index in [9.17, 15) is 0 Å². The van der Waals surface area contributed by atoms with Gasteiger partial charge < -0.3 is 10.1 Å². The molecule has 84 valence electrons. The Morgan fingerprint density at radius 2 is 2.25 bits per heavy atom. The van der Waals surface area contributed by atoms with Crippen LogP contribution in [0.15, 0.2) is 24.8 Å². The topological polar surface area (TPSA) is 56.2 Å². The Bertz CT molecular complexity index is 498. The first-order valence-corrected chi connectivity index (χ1v) is 5.83. The molecule has 2 aromatic rings. The second-order valence-electron chi connectivity index (χ2n) is 4.62. The van der Waals surface area contributed by atoms with E-state index in [-0.39, 0.29) is 5.41 Å². The summed E-state index contributed by atoms with van der Waals surface area (Å²) in [5, 5.41) is 0. The van der Waals surface area contributed by atoms with Crippen molar-refractivity contribution in [1.29, 1.82) is 0 Å². The molecule has 1 aliphatic rings. The Kier molecular flexibility index (Phi) is 2.17. The van der Waals surface area contributed by atoms with Crippen molar-refractivity contribution >= 4 is 5.65 Å². The number of imidazole rings is 1. The first-order valence-electron chi connectivity index (χ1n) is 5.83. The van der Waals surface area contributed by atoms with Gasteiger partial charge in [0.15, 0.2) is 5.65 Å². The van der Waals surface area contributed by atoms with E-state index in [0.717, 1.165) is 18.6 Å². The van der Waals surface area contributed by atoms with E-state index in [4.69, 9.17) is 5.73 Å². The van der Waals surface area contributed by atoms with Crippen molar-refractivity contribution in [2.45, 2.75) is 31.1 Å². The molecule has 0 amide bonds. The monoisotopic (exact) mass is 216 g/mol. The van der Waals surface area contributed by atoms with Crippen LogP contribution >= 0.6 is 0 Å². The number of aromatic nitrogens is 3. The molecule has 2 aromatic heterocycles. The van der Waals surface area contributed by atoms with Crippen LogP contribution in [0.2, 0.25) is 0 Å². The summed E-state index contributed by atoms with van der Waals surface area (Å²) in [7, 11) is 0. The van der Waals surface area contributed by atoms with Gasteiger partial charge in [0.1, 0.15) is 0 Å². The normalized spacial score (nSPS) is 18.6. The molecule has 0 radical (unpaired) electrons. The van der Waals surface area contributed by atoms with E-state index >= 15 is 0 Å². The lowest BCUT2D eigenvalue weighted by Gasteiger charge is -2.41. The van der Waals surface area contributed by atoms with Crippen LogP contribution in [0, 0.1) is 0 Å². The fourth-order valence-electron chi connectivity index (χ4n) is 2.75. The molecule has 4 nitrogen and oxygen atoms in total. The molecule has 0 aromatic carbocycles. The number of nitrogens with two attached hydrogens (primary N) is 1. The lowest BCUT2D eigenvalue weighted by atomic mass is 9.64. The molecule has 0 spiro atoms. The smallest absolute Gasteiger partial charge is 0.155 e. The molecule has 0 aliphatic heterocycles. The number of fused-ring (bicyclic) bond motifs is 1. The van der Waals surface area contributed by atoms with Gasteiger partial charge in [-0.25, -0.2) is 4.98 Å². The summed E-state index contributed by atoms with van der Waals surface area (Å²) in [4.78, 5) is 8.50. The fraction of sp³-hybridized carbons (Fsp3) is 0.500. The Hall–Kier alpha value is -1.42. The van der Waals surface area contributed by atoms with Gasteiger partial charge in [-0.05, 0) is 25.8 Å². The number of hydrogen-bond donors (Lipinski definition) is 1. The molecule has 1 saturated carbocycles. The highest BCUT2D eigenvalue weighted by Gasteiger charge is 2.40. The highest BCUT2D eigenvalue weighted by molar-refractivity contribution is 5.40. The van der Waals surface area contributed by atoms with Crippen molar-refractivity contribution in [1.82, 2.24) is 14.4 Å². The van der Waals surface area contributed by atoms with Gasteiger partial charge >= 0.3 is 0 Å². The Morgan fingerprint density at radius 1 is 1.38 bits per heavy atom. The highest BCUT2D eigenvalue weighted by atomic mass is 15.0. The van der Waals surface area contributed by atoms with Gasteiger partial charge in [0, 0.05) is 29.7 Å². The Balaban J connectivity index is 2.10. The van der Waals surface area contributed by atoms with Crippen molar-refractivity contribution in [2.75, 3.05) is 6.54 Å². The minimum absolute atomic E-state index is 0.273. The summed E-state index contributed by atoms with van der Waals surface area (Å²) < 4.78 is 2.15. The van der Waals surface area contributed by atoms with E-state index in [1.807, 2.05) is 18.6 Å². The first kappa shape index (κ1) is 9.78. The first-order chi connectivity index (χ1) is 7.86. The zero-order chi connectivity index (χ0) is 11.0. The van der Waals surface area contributed by atoms with Gasteiger partial charge in [-0.2, -0.15) is 0 Å². The lowest BCUT2D eigenvalue weighted by molar-refractivity contribution is 0.221. The van der Waals surface area contributed by atoms with Crippen LogP contribution in [-0.2, 0) is 5.41 Å². The molecule has 16 heavy (non-hydrogen) atoms. The van der Waals surface area contributed by atoms with Gasteiger partial charge in [0.05, 0.1) is 6.20 Å². The van der Waals surface area contributed by atoms with Gasteiger partial charge in [0.2, 0.25) is 0 Å². The molecular weight excluding hydrogens is 200 g/mol. The largest absolute Gasteiger partial charge is 0.330 e.